The van der Waals surface area contributed by atoms with Crippen LogP contribution in [-0.4, -0.2) is 25.6 Å². The summed E-state index contributed by atoms with van der Waals surface area (Å²) in [6.07, 6.45) is 1.81. The first-order valence-corrected chi connectivity index (χ1v) is 6.76. The quantitative estimate of drug-likeness (QED) is 0.335. The fourth-order valence-corrected chi connectivity index (χ4v) is 2.61. The summed E-state index contributed by atoms with van der Waals surface area (Å²) < 4.78 is 15.8. The average Bonchev–Trinajstić information content (AvgIpc) is 2.92. The van der Waals surface area contributed by atoms with Gasteiger partial charge >= 0.3 is 0 Å². The Morgan fingerprint density at radius 1 is 1.29 bits per heavy atom. The molecule has 0 radical (unpaired) electrons. The molecule has 21 heavy (non-hydrogen) atoms. The van der Waals surface area contributed by atoms with Crippen molar-refractivity contribution in [2.24, 2.45) is 10.9 Å². The Balaban J connectivity index is 1.95. The number of benzene rings is 1. The molecule has 0 amide bonds. The fourth-order valence-electron chi connectivity index (χ4n) is 1.79. The number of oxime groups is 1. The number of hydrogen-bond donors (Lipinski definition) is 2. The van der Waals surface area contributed by atoms with Crippen molar-refractivity contribution in [3.05, 3.63) is 54.0 Å². The Morgan fingerprint density at radius 2 is 2.14 bits per heavy atom. The van der Waals surface area contributed by atoms with Crippen molar-refractivity contribution in [3.63, 3.8) is 0 Å². The predicted molar refractivity (Wildman–Crippen MR) is 76.0 cm³/mol. The molecule has 3 rings (SSSR count). The monoisotopic (exact) mass is 303 g/mol. The summed E-state index contributed by atoms with van der Waals surface area (Å²) in [5, 5.41) is 20.0. The van der Waals surface area contributed by atoms with E-state index in [2.05, 4.69) is 15.4 Å². The van der Waals surface area contributed by atoms with Crippen LogP contribution in [0.1, 0.15) is 5.56 Å². The lowest BCUT2D eigenvalue weighted by Crippen LogP contribution is -2.13. The Kier molecular flexibility index (Phi) is 3.44. The molecular weight excluding hydrogens is 293 g/mol. The fraction of sp³-hybridized carbons (Fsp3) is 0. The zero-order valence-electron chi connectivity index (χ0n) is 10.6. The van der Waals surface area contributed by atoms with Crippen LogP contribution in [0, 0.1) is 5.82 Å². The maximum Gasteiger partial charge on any atom is 0.200 e. The lowest BCUT2D eigenvalue weighted by atomic mass is 10.2. The molecule has 0 fully saturated rings. The third-order valence-electron chi connectivity index (χ3n) is 2.82. The summed E-state index contributed by atoms with van der Waals surface area (Å²) >= 11 is 1.15. The van der Waals surface area contributed by atoms with Gasteiger partial charge in [-0.3, -0.25) is 4.40 Å². The Bertz CT molecular complexity index is 832. The summed E-state index contributed by atoms with van der Waals surface area (Å²) in [5.74, 6) is -0.616. The molecule has 0 bridgehead atoms. The lowest BCUT2D eigenvalue weighted by Gasteiger charge is -2.04. The standard InChI is InChI=1S/C13H10FN5OS/c14-9-7-8(12(15)18-20)4-5-10(9)21-13-17-16-11-3-1-2-6-19(11)13/h1-7,20H,(H2,15,18). The molecule has 106 valence electrons. The van der Waals surface area contributed by atoms with Gasteiger partial charge in [-0.2, -0.15) is 0 Å². The number of rotatable bonds is 3. The van der Waals surface area contributed by atoms with Gasteiger partial charge in [0.25, 0.3) is 0 Å². The van der Waals surface area contributed by atoms with Gasteiger partial charge in [-0.05, 0) is 42.1 Å². The predicted octanol–water partition coefficient (Wildman–Crippen LogP) is 2.11. The zero-order valence-corrected chi connectivity index (χ0v) is 11.5. The van der Waals surface area contributed by atoms with Gasteiger partial charge in [-0.15, -0.1) is 10.2 Å². The largest absolute Gasteiger partial charge is 0.409 e. The van der Waals surface area contributed by atoms with Gasteiger partial charge in [0.05, 0.1) is 4.90 Å². The van der Waals surface area contributed by atoms with Crippen LogP contribution >= 0.6 is 11.8 Å². The molecule has 0 spiro atoms. The SMILES string of the molecule is NC(=NO)c1ccc(Sc2nnc3ccccn23)c(F)c1. The molecule has 0 aliphatic rings. The molecule has 3 aromatic rings. The molecule has 2 heterocycles. The number of hydrogen-bond acceptors (Lipinski definition) is 5. The molecule has 1 aromatic carbocycles. The van der Waals surface area contributed by atoms with Gasteiger partial charge in [0.2, 0.25) is 5.16 Å². The summed E-state index contributed by atoms with van der Waals surface area (Å²) in [4.78, 5) is 0.377. The highest BCUT2D eigenvalue weighted by Crippen LogP contribution is 2.29. The second-order valence-corrected chi connectivity index (χ2v) is 5.15. The van der Waals surface area contributed by atoms with E-state index < -0.39 is 5.82 Å². The normalized spacial score (nSPS) is 12.0. The van der Waals surface area contributed by atoms with Crippen LogP contribution in [-0.2, 0) is 0 Å². The van der Waals surface area contributed by atoms with E-state index in [0.29, 0.717) is 21.3 Å². The highest BCUT2D eigenvalue weighted by molar-refractivity contribution is 7.99. The van der Waals surface area contributed by atoms with E-state index in [4.69, 9.17) is 10.9 Å². The number of halogens is 1. The molecule has 0 aliphatic heterocycles. The molecular formula is C13H10FN5OS. The van der Waals surface area contributed by atoms with Crippen LogP contribution in [0.5, 0.6) is 0 Å². The summed E-state index contributed by atoms with van der Waals surface area (Å²) in [6, 6.07) is 9.85. The number of fused-ring (bicyclic) bond motifs is 1. The topological polar surface area (TPSA) is 88.8 Å². The lowest BCUT2D eigenvalue weighted by molar-refractivity contribution is 0.318. The summed E-state index contributed by atoms with van der Waals surface area (Å²) in [6.45, 7) is 0. The molecule has 0 unspecified atom stereocenters. The van der Waals surface area contributed by atoms with Gasteiger partial charge in [-0.1, -0.05) is 11.2 Å². The minimum atomic E-state index is -0.475. The first-order chi connectivity index (χ1) is 10.2. The number of aromatic nitrogens is 3. The Morgan fingerprint density at radius 3 is 2.90 bits per heavy atom. The van der Waals surface area contributed by atoms with Crippen LogP contribution in [0.2, 0.25) is 0 Å². The first-order valence-electron chi connectivity index (χ1n) is 5.94. The maximum absolute atomic E-state index is 14.1. The number of amidine groups is 1. The van der Waals surface area contributed by atoms with E-state index in [-0.39, 0.29) is 5.84 Å². The maximum atomic E-state index is 14.1. The Labute approximate surface area is 123 Å². The molecule has 0 saturated carbocycles. The van der Waals surface area contributed by atoms with Gasteiger partial charge in [-0.25, -0.2) is 4.39 Å². The van der Waals surface area contributed by atoms with Crippen LogP contribution in [0.4, 0.5) is 4.39 Å². The van der Waals surface area contributed by atoms with Crippen LogP contribution in [0.15, 0.2) is 57.8 Å². The van der Waals surface area contributed by atoms with Crippen molar-refractivity contribution in [2.45, 2.75) is 10.1 Å². The van der Waals surface area contributed by atoms with Crippen molar-refractivity contribution in [2.75, 3.05) is 0 Å². The van der Waals surface area contributed by atoms with Crippen LogP contribution < -0.4 is 5.73 Å². The van der Waals surface area contributed by atoms with Gasteiger partial charge in [0, 0.05) is 11.8 Å². The zero-order chi connectivity index (χ0) is 14.8. The van der Waals surface area contributed by atoms with Crippen molar-refractivity contribution in [1.29, 1.82) is 0 Å². The van der Waals surface area contributed by atoms with E-state index in [1.807, 2.05) is 18.2 Å². The van der Waals surface area contributed by atoms with E-state index >= 15 is 0 Å². The van der Waals surface area contributed by atoms with Crippen molar-refractivity contribution in [1.82, 2.24) is 14.6 Å². The number of pyridine rings is 1. The number of nitrogens with two attached hydrogens (primary N) is 1. The van der Waals surface area contributed by atoms with Crippen LogP contribution in [0.25, 0.3) is 5.65 Å². The first kappa shape index (κ1) is 13.4. The van der Waals surface area contributed by atoms with E-state index in [0.717, 1.165) is 11.8 Å². The van der Waals surface area contributed by atoms with Gasteiger partial charge in [0.1, 0.15) is 5.82 Å². The third kappa shape index (κ3) is 2.52. The minimum absolute atomic E-state index is 0.140. The van der Waals surface area contributed by atoms with Crippen LogP contribution in [0.3, 0.4) is 0 Å². The van der Waals surface area contributed by atoms with E-state index in [9.17, 15) is 4.39 Å². The molecule has 6 nitrogen and oxygen atoms in total. The molecule has 2 aromatic heterocycles. The van der Waals surface area contributed by atoms with Crippen molar-refractivity contribution in [3.8, 4) is 0 Å². The molecule has 0 saturated heterocycles. The van der Waals surface area contributed by atoms with E-state index in [1.54, 1.807) is 22.7 Å². The van der Waals surface area contributed by atoms with Crippen molar-refractivity contribution >= 4 is 23.2 Å². The second-order valence-electron chi connectivity index (χ2n) is 4.14. The third-order valence-corrected chi connectivity index (χ3v) is 3.83. The molecule has 0 aliphatic carbocycles. The smallest absolute Gasteiger partial charge is 0.200 e. The van der Waals surface area contributed by atoms with Gasteiger partial charge < -0.3 is 10.9 Å². The molecule has 0 atom stereocenters. The van der Waals surface area contributed by atoms with E-state index in [1.165, 1.54) is 6.07 Å². The second kappa shape index (κ2) is 5.41. The molecule has 3 N–H and O–H groups in total. The summed E-state index contributed by atoms with van der Waals surface area (Å²) in [7, 11) is 0. The minimum Gasteiger partial charge on any atom is -0.409 e. The van der Waals surface area contributed by atoms with Gasteiger partial charge in [0.15, 0.2) is 11.5 Å². The molecule has 8 heteroatoms. The highest BCUT2D eigenvalue weighted by Gasteiger charge is 2.12. The average molecular weight is 303 g/mol. The highest BCUT2D eigenvalue weighted by atomic mass is 32.2. The summed E-state index contributed by atoms with van der Waals surface area (Å²) in [5.41, 5.74) is 6.42. The van der Waals surface area contributed by atoms with Crippen molar-refractivity contribution < 1.29 is 9.60 Å². The number of nitrogens with zero attached hydrogens (tertiary/aromatic N) is 4. The Hall–Kier alpha value is -2.61.